The average molecular weight is 447 g/mol. The van der Waals surface area contributed by atoms with Gasteiger partial charge in [0, 0.05) is 56.9 Å². The maximum absolute atomic E-state index is 12.7. The average Bonchev–Trinajstić information content (AvgIpc) is 2.77. The summed E-state index contributed by atoms with van der Waals surface area (Å²) in [6.07, 6.45) is 1.97. The predicted molar refractivity (Wildman–Crippen MR) is 124 cm³/mol. The summed E-state index contributed by atoms with van der Waals surface area (Å²) < 4.78 is 0. The Bertz CT molecular complexity index is 845. The Morgan fingerprint density at radius 1 is 0.900 bits per heavy atom. The van der Waals surface area contributed by atoms with Crippen molar-refractivity contribution in [2.24, 2.45) is 0 Å². The van der Waals surface area contributed by atoms with Crippen LogP contribution in [0.2, 0.25) is 10.0 Å². The molecule has 0 radical (unpaired) electrons. The molecule has 0 bridgehead atoms. The van der Waals surface area contributed by atoms with Gasteiger partial charge in [-0.2, -0.15) is 0 Å². The number of hydrogen-bond donors (Lipinski definition) is 1. The van der Waals surface area contributed by atoms with Gasteiger partial charge in [0.15, 0.2) is 0 Å². The molecular formula is C23H28Cl2N4O. The van der Waals surface area contributed by atoms with Crippen molar-refractivity contribution in [3.05, 3.63) is 64.1 Å². The molecule has 0 aromatic heterocycles. The monoisotopic (exact) mass is 446 g/mol. The van der Waals surface area contributed by atoms with Gasteiger partial charge in [0.1, 0.15) is 0 Å². The summed E-state index contributed by atoms with van der Waals surface area (Å²) in [4.78, 5) is 19.3. The Balaban J connectivity index is 1.20. The van der Waals surface area contributed by atoms with E-state index in [2.05, 4.69) is 27.2 Å². The molecule has 2 aromatic rings. The summed E-state index contributed by atoms with van der Waals surface area (Å²) in [5.74, 6) is 0. The summed E-state index contributed by atoms with van der Waals surface area (Å²) in [6.45, 7) is 5.95. The standard InChI is InChI=1S/C23H28Cl2N4O/c24-19-7-5-18(6-8-19)17-27-11-9-20(10-12-27)26-23(30)29-15-13-28(14-16-29)22-4-2-1-3-21(22)25/h1-8,20H,9-17H2,(H,26,30). The Labute approximate surface area is 188 Å². The number of urea groups is 1. The van der Waals surface area contributed by atoms with Gasteiger partial charge in [-0.1, -0.05) is 47.5 Å². The van der Waals surface area contributed by atoms with Gasteiger partial charge in [0.25, 0.3) is 0 Å². The van der Waals surface area contributed by atoms with E-state index in [9.17, 15) is 4.79 Å². The molecule has 7 heteroatoms. The van der Waals surface area contributed by atoms with E-state index in [1.807, 2.05) is 41.3 Å². The van der Waals surface area contributed by atoms with Crippen LogP contribution in [0.3, 0.4) is 0 Å². The molecule has 0 spiro atoms. The lowest BCUT2D eigenvalue weighted by atomic mass is 10.0. The number of nitrogens with zero attached hydrogens (tertiary/aromatic N) is 3. The van der Waals surface area contributed by atoms with Crippen molar-refractivity contribution in [2.45, 2.75) is 25.4 Å². The second-order valence-corrected chi connectivity index (χ2v) is 8.90. The third-order valence-corrected chi connectivity index (χ3v) is 6.57. The number of halogens is 2. The lowest BCUT2D eigenvalue weighted by Crippen LogP contribution is -2.54. The summed E-state index contributed by atoms with van der Waals surface area (Å²) in [6, 6.07) is 16.2. The van der Waals surface area contributed by atoms with Gasteiger partial charge in [-0.25, -0.2) is 4.79 Å². The Morgan fingerprint density at radius 2 is 1.57 bits per heavy atom. The number of amides is 2. The van der Waals surface area contributed by atoms with E-state index in [4.69, 9.17) is 23.2 Å². The van der Waals surface area contributed by atoms with Gasteiger partial charge in [-0.05, 0) is 42.7 Å². The Morgan fingerprint density at radius 3 is 2.23 bits per heavy atom. The van der Waals surface area contributed by atoms with Crippen molar-refractivity contribution in [3.63, 3.8) is 0 Å². The molecule has 160 valence electrons. The molecule has 2 fully saturated rings. The maximum Gasteiger partial charge on any atom is 0.317 e. The van der Waals surface area contributed by atoms with Crippen molar-refractivity contribution in [3.8, 4) is 0 Å². The van der Waals surface area contributed by atoms with Crippen molar-refractivity contribution in [1.29, 1.82) is 0 Å². The second-order valence-electron chi connectivity index (χ2n) is 8.05. The minimum absolute atomic E-state index is 0.0601. The number of hydrogen-bond acceptors (Lipinski definition) is 3. The molecule has 0 unspecified atom stereocenters. The van der Waals surface area contributed by atoms with Crippen molar-refractivity contribution in [1.82, 2.24) is 15.1 Å². The number of carbonyl (C=O) groups excluding carboxylic acids is 1. The first-order valence-corrected chi connectivity index (χ1v) is 11.4. The fraction of sp³-hybridized carbons (Fsp3) is 0.435. The zero-order valence-corrected chi connectivity index (χ0v) is 18.6. The van der Waals surface area contributed by atoms with Crippen molar-refractivity contribution < 1.29 is 4.79 Å². The summed E-state index contributed by atoms with van der Waals surface area (Å²) >= 11 is 12.3. The Hall–Kier alpha value is -1.95. The zero-order valence-electron chi connectivity index (χ0n) is 17.1. The molecule has 2 aliphatic heterocycles. The van der Waals surface area contributed by atoms with Crippen molar-refractivity contribution in [2.75, 3.05) is 44.2 Å². The fourth-order valence-electron chi connectivity index (χ4n) is 4.21. The molecular weight excluding hydrogens is 419 g/mol. The molecule has 1 N–H and O–H groups in total. The largest absolute Gasteiger partial charge is 0.367 e. The van der Waals surface area contributed by atoms with Gasteiger partial charge in [0.2, 0.25) is 0 Å². The Kier molecular flexibility index (Phi) is 7.03. The number of para-hydroxylation sites is 1. The van der Waals surface area contributed by atoms with Gasteiger partial charge >= 0.3 is 6.03 Å². The van der Waals surface area contributed by atoms with Gasteiger partial charge in [-0.15, -0.1) is 0 Å². The highest BCUT2D eigenvalue weighted by molar-refractivity contribution is 6.33. The fourth-order valence-corrected chi connectivity index (χ4v) is 4.59. The minimum atomic E-state index is 0.0601. The highest BCUT2D eigenvalue weighted by Crippen LogP contribution is 2.26. The summed E-state index contributed by atoms with van der Waals surface area (Å²) in [7, 11) is 0. The van der Waals surface area contributed by atoms with Crippen LogP contribution in [0, 0.1) is 0 Å². The second kappa shape index (κ2) is 9.90. The molecule has 2 saturated heterocycles. The SMILES string of the molecule is O=C(NC1CCN(Cc2ccc(Cl)cc2)CC1)N1CCN(c2ccccc2Cl)CC1. The summed E-state index contributed by atoms with van der Waals surface area (Å²) in [5, 5.41) is 4.78. The lowest BCUT2D eigenvalue weighted by molar-refractivity contribution is 0.167. The minimum Gasteiger partial charge on any atom is -0.367 e. The van der Waals surface area contributed by atoms with Crippen molar-refractivity contribution >= 4 is 34.9 Å². The van der Waals surface area contributed by atoms with Crippen LogP contribution < -0.4 is 10.2 Å². The number of carbonyl (C=O) groups is 1. The van der Waals surface area contributed by atoms with Crippen LogP contribution in [-0.4, -0.2) is 61.1 Å². The molecule has 2 aliphatic rings. The molecule has 0 aliphatic carbocycles. The molecule has 5 nitrogen and oxygen atoms in total. The predicted octanol–water partition coefficient (Wildman–Crippen LogP) is 4.49. The van der Waals surface area contributed by atoms with E-state index in [1.54, 1.807) is 0 Å². The van der Waals surface area contributed by atoms with E-state index < -0.39 is 0 Å². The number of piperidine rings is 1. The molecule has 0 atom stereocenters. The van der Waals surface area contributed by atoms with E-state index in [0.29, 0.717) is 13.1 Å². The first-order chi connectivity index (χ1) is 14.6. The zero-order chi connectivity index (χ0) is 20.9. The van der Waals surface area contributed by atoms with Crippen LogP contribution in [-0.2, 0) is 6.54 Å². The maximum atomic E-state index is 12.7. The highest BCUT2D eigenvalue weighted by Gasteiger charge is 2.26. The first kappa shape index (κ1) is 21.3. The van der Waals surface area contributed by atoms with E-state index >= 15 is 0 Å². The van der Waals surface area contributed by atoms with Crippen LogP contribution in [0.25, 0.3) is 0 Å². The normalized spacial score (nSPS) is 18.5. The van der Waals surface area contributed by atoms with Crippen LogP contribution in [0.1, 0.15) is 18.4 Å². The van der Waals surface area contributed by atoms with Gasteiger partial charge in [-0.3, -0.25) is 4.90 Å². The number of piperazine rings is 1. The van der Waals surface area contributed by atoms with Crippen LogP contribution in [0.15, 0.2) is 48.5 Å². The third-order valence-electron chi connectivity index (χ3n) is 5.99. The van der Waals surface area contributed by atoms with Crippen LogP contribution in [0.4, 0.5) is 10.5 Å². The van der Waals surface area contributed by atoms with E-state index in [1.165, 1.54) is 5.56 Å². The van der Waals surface area contributed by atoms with Gasteiger partial charge in [0.05, 0.1) is 10.7 Å². The van der Waals surface area contributed by atoms with E-state index in [0.717, 1.165) is 61.3 Å². The highest BCUT2D eigenvalue weighted by atomic mass is 35.5. The molecule has 30 heavy (non-hydrogen) atoms. The summed E-state index contributed by atoms with van der Waals surface area (Å²) in [5.41, 5.74) is 2.32. The molecule has 4 rings (SSSR count). The molecule has 2 aromatic carbocycles. The number of likely N-dealkylation sites (tertiary alicyclic amines) is 1. The number of rotatable bonds is 4. The molecule has 2 heterocycles. The quantitative estimate of drug-likeness (QED) is 0.751. The third kappa shape index (κ3) is 5.39. The number of nitrogens with one attached hydrogen (secondary N) is 1. The van der Waals surface area contributed by atoms with Crippen LogP contribution in [0.5, 0.6) is 0 Å². The lowest BCUT2D eigenvalue weighted by Gasteiger charge is -2.38. The van der Waals surface area contributed by atoms with Crippen LogP contribution >= 0.6 is 23.2 Å². The number of benzene rings is 2. The van der Waals surface area contributed by atoms with Gasteiger partial charge < -0.3 is 15.1 Å². The smallest absolute Gasteiger partial charge is 0.317 e. The molecule has 0 saturated carbocycles. The van der Waals surface area contributed by atoms with E-state index in [-0.39, 0.29) is 12.1 Å². The topological polar surface area (TPSA) is 38.8 Å². The molecule has 2 amide bonds. The number of anilines is 1. The first-order valence-electron chi connectivity index (χ1n) is 10.6.